The Bertz CT molecular complexity index is 715. The van der Waals surface area contributed by atoms with Crippen molar-refractivity contribution in [3.63, 3.8) is 0 Å². The maximum atomic E-state index is 13.8. The number of carbonyl (C=O) groups is 1. The highest BCUT2D eigenvalue weighted by Gasteiger charge is 2.27. The normalized spacial score (nSPS) is 18.4. The second-order valence-corrected chi connectivity index (χ2v) is 6.34. The minimum atomic E-state index is -1.11. The fourth-order valence-electron chi connectivity index (χ4n) is 2.41. The van der Waals surface area contributed by atoms with Crippen LogP contribution in [0, 0.1) is 11.6 Å². The Morgan fingerprint density at radius 2 is 2.14 bits per heavy atom. The van der Waals surface area contributed by atoms with E-state index < -0.39 is 11.6 Å². The number of amides is 1. The van der Waals surface area contributed by atoms with Crippen LogP contribution in [0.5, 0.6) is 0 Å². The van der Waals surface area contributed by atoms with Crippen LogP contribution in [0.1, 0.15) is 16.9 Å². The molecule has 1 amide bonds. The first-order valence-corrected chi connectivity index (χ1v) is 7.69. The lowest BCUT2D eigenvalue weighted by Gasteiger charge is -2.20. The molecule has 2 aromatic rings. The van der Waals surface area contributed by atoms with Gasteiger partial charge in [0, 0.05) is 11.9 Å². The van der Waals surface area contributed by atoms with E-state index in [2.05, 4.69) is 10.3 Å². The minimum Gasteiger partial charge on any atom is -0.348 e. The van der Waals surface area contributed by atoms with E-state index in [4.69, 9.17) is 11.6 Å². The Kier molecular flexibility index (Phi) is 4.06. The van der Waals surface area contributed by atoms with Gasteiger partial charge in [0.1, 0.15) is 5.69 Å². The van der Waals surface area contributed by atoms with Gasteiger partial charge in [-0.05, 0) is 25.1 Å². The van der Waals surface area contributed by atoms with Crippen LogP contribution in [0.3, 0.4) is 0 Å². The first kappa shape index (κ1) is 15.0. The van der Waals surface area contributed by atoms with Gasteiger partial charge in [-0.3, -0.25) is 7.91 Å². The Hall–Kier alpha value is -0.930. The van der Waals surface area contributed by atoms with E-state index >= 15 is 0 Å². The SMILES string of the molecule is O=C(c1cc2cc(Cl)c(F)c(F)c2[nH]1)N(I)[C@H]1CCNC1. The van der Waals surface area contributed by atoms with E-state index in [0.29, 0.717) is 5.39 Å². The summed E-state index contributed by atoms with van der Waals surface area (Å²) < 4.78 is 28.8. The molecule has 112 valence electrons. The molecule has 0 unspecified atom stereocenters. The highest BCUT2D eigenvalue weighted by Crippen LogP contribution is 2.28. The molecule has 1 aliphatic rings. The number of hydrogen-bond acceptors (Lipinski definition) is 2. The van der Waals surface area contributed by atoms with Crippen LogP contribution in [0.25, 0.3) is 10.9 Å². The summed E-state index contributed by atoms with van der Waals surface area (Å²) in [6, 6.07) is 2.88. The van der Waals surface area contributed by atoms with Crippen molar-refractivity contribution in [1.29, 1.82) is 0 Å². The Balaban J connectivity index is 1.97. The summed E-state index contributed by atoms with van der Waals surface area (Å²) in [6.45, 7) is 1.59. The van der Waals surface area contributed by atoms with E-state index in [1.807, 2.05) is 22.9 Å². The zero-order chi connectivity index (χ0) is 15.1. The highest BCUT2D eigenvalue weighted by atomic mass is 127. The number of rotatable bonds is 2. The minimum absolute atomic E-state index is 0.0467. The molecule has 2 N–H and O–H groups in total. The summed E-state index contributed by atoms with van der Waals surface area (Å²) in [4.78, 5) is 15.0. The van der Waals surface area contributed by atoms with Crippen LogP contribution in [-0.2, 0) is 0 Å². The first-order chi connectivity index (χ1) is 9.99. The number of halogens is 4. The molecule has 1 aliphatic heterocycles. The predicted octanol–water partition coefficient (Wildman–Crippen LogP) is 3.25. The number of carbonyl (C=O) groups excluding carboxylic acids is 1. The van der Waals surface area contributed by atoms with Crippen LogP contribution >= 0.6 is 34.5 Å². The molecular formula is C13H11ClF2IN3O. The molecule has 1 aromatic carbocycles. The fraction of sp³-hybridized carbons (Fsp3) is 0.308. The van der Waals surface area contributed by atoms with Crippen LogP contribution in [0.4, 0.5) is 8.78 Å². The van der Waals surface area contributed by atoms with Crippen molar-refractivity contribution in [2.24, 2.45) is 0 Å². The smallest absolute Gasteiger partial charge is 0.279 e. The number of hydrogen-bond donors (Lipinski definition) is 2. The Labute approximate surface area is 138 Å². The van der Waals surface area contributed by atoms with Gasteiger partial charge in [0.25, 0.3) is 5.91 Å². The standard InChI is InChI=1S/C13H11ClF2IN3O/c14-8-3-6-4-9(19-12(6)11(16)10(8)15)13(21)20(17)7-1-2-18-5-7/h3-4,7,18-19H,1-2,5H2/t7-/m0/s1. The highest BCUT2D eigenvalue weighted by molar-refractivity contribution is 14.1. The second-order valence-electron chi connectivity index (χ2n) is 4.90. The molecule has 1 aromatic heterocycles. The van der Waals surface area contributed by atoms with E-state index in [1.54, 1.807) is 3.11 Å². The quantitative estimate of drug-likeness (QED) is 0.441. The number of fused-ring (bicyclic) bond motifs is 1. The van der Waals surface area contributed by atoms with Gasteiger partial charge < -0.3 is 10.3 Å². The zero-order valence-corrected chi connectivity index (χ0v) is 13.6. The number of nitrogens with one attached hydrogen (secondary N) is 2. The third kappa shape index (κ3) is 2.62. The Morgan fingerprint density at radius 1 is 1.38 bits per heavy atom. The molecule has 0 saturated carbocycles. The molecule has 2 heterocycles. The molecule has 21 heavy (non-hydrogen) atoms. The van der Waals surface area contributed by atoms with Gasteiger partial charge in [0.2, 0.25) is 0 Å². The topological polar surface area (TPSA) is 48.1 Å². The summed E-state index contributed by atoms with van der Waals surface area (Å²) in [5.74, 6) is -2.45. The monoisotopic (exact) mass is 425 g/mol. The van der Waals surface area contributed by atoms with E-state index in [9.17, 15) is 13.6 Å². The number of aromatic nitrogens is 1. The van der Waals surface area contributed by atoms with Crippen molar-refractivity contribution >= 4 is 51.3 Å². The third-order valence-electron chi connectivity index (χ3n) is 3.53. The number of aromatic amines is 1. The average Bonchev–Trinajstić information content (AvgIpc) is 3.12. The number of nitrogens with zero attached hydrogens (tertiary/aromatic N) is 1. The van der Waals surface area contributed by atoms with Crippen molar-refractivity contribution in [3.05, 3.63) is 34.5 Å². The van der Waals surface area contributed by atoms with Gasteiger partial charge >= 0.3 is 0 Å². The van der Waals surface area contributed by atoms with Crippen molar-refractivity contribution in [1.82, 2.24) is 13.4 Å². The van der Waals surface area contributed by atoms with Crippen molar-refractivity contribution < 1.29 is 13.6 Å². The fourth-order valence-corrected chi connectivity index (χ4v) is 3.35. The van der Waals surface area contributed by atoms with E-state index in [-0.39, 0.29) is 28.2 Å². The summed E-state index contributed by atoms with van der Waals surface area (Å²) in [5.41, 5.74) is 0.168. The van der Waals surface area contributed by atoms with Gasteiger partial charge in [-0.2, -0.15) is 0 Å². The van der Waals surface area contributed by atoms with Gasteiger partial charge in [-0.1, -0.05) is 11.6 Å². The molecule has 8 heteroatoms. The molecule has 0 spiro atoms. The molecule has 3 rings (SSSR count). The number of benzene rings is 1. The van der Waals surface area contributed by atoms with Gasteiger partial charge in [-0.25, -0.2) is 8.78 Å². The van der Waals surface area contributed by atoms with Crippen molar-refractivity contribution in [3.8, 4) is 0 Å². The summed E-state index contributed by atoms with van der Waals surface area (Å²) in [6.07, 6.45) is 0.865. The lowest BCUT2D eigenvalue weighted by Crippen LogP contribution is -2.33. The van der Waals surface area contributed by atoms with Crippen LogP contribution in [-0.4, -0.2) is 33.1 Å². The molecular weight excluding hydrogens is 415 g/mol. The molecule has 0 aliphatic carbocycles. The van der Waals surface area contributed by atoms with Gasteiger partial charge in [-0.15, -0.1) is 0 Å². The lowest BCUT2D eigenvalue weighted by atomic mass is 10.2. The Morgan fingerprint density at radius 3 is 2.81 bits per heavy atom. The molecule has 1 fully saturated rings. The van der Waals surface area contributed by atoms with Gasteiger partial charge in [0.15, 0.2) is 11.6 Å². The maximum Gasteiger partial charge on any atom is 0.279 e. The average molecular weight is 426 g/mol. The molecule has 0 radical (unpaired) electrons. The molecule has 1 atom stereocenters. The van der Waals surface area contributed by atoms with Crippen molar-refractivity contribution in [2.45, 2.75) is 12.5 Å². The van der Waals surface area contributed by atoms with Gasteiger partial charge in [0.05, 0.1) is 39.4 Å². The van der Waals surface area contributed by atoms with Crippen LogP contribution in [0.15, 0.2) is 12.1 Å². The number of H-pyrrole nitrogens is 1. The predicted molar refractivity (Wildman–Crippen MR) is 84.7 cm³/mol. The largest absolute Gasteiger partial charge is 0.348 e. The molecule has 4 nitrogen and oxygen atoms in total. The molecule has 0 bridgehead atoms. The van der Waals surface area contributed by atoms with Crippen LogP contribution < -0.4 is 5.32 Å². The first-order valence-electron chi connectivity index (χ1n) is 6.35. The van der Waals surface area contributed by atoms with E-state index in [0.717, 1.165) is 19.5 Å². The zero-order valence-electron chi connectivity index (χ0n) is 10.7. The third-order valence-corrected chi connectivity index (χ3v) is 5.03. The summed E-state index contributed by atoms with van der Waals surface area (Å²) in [5, 5.41) is 3.24. The van der Waals surface area contributed by atoms with Crippen LogP contribution in [0.2, 0.25) is 5.02 Å². The maximum absolute atomic E-state index is 13.8. The summed E-state index contributed by atoms with van der Waals surface area (Å²) >= 11 is 7.56. The van der Waals surface area contributed by atoms with Crippen molar-refractivity contribution in [2.75, 3.05) is 13.1 Å². The summed E-state index contributed by atoms with van der Waals surface area (Å²) in [7, 11) is 0. The lowest BCUT2D eigenvalue weighted by molar-refractivity contribution is 0.0857. The second kappa shape index (κ2) is 5.69. The molecule has 1 saturated heterocycles. The van der Waals surface area contributed by atoms with E-state index in [1.165, 1.54) is 12.1 Å².